The molecule has 210 valence electrons. The van der Waals surface area contributed by atoms with Crippen LogP contribution in [0.2, 0.25) is 5.02 Å². The smallest absolute Gasteiger partial charge is 0.452 e. The maximum absolute atomic E-state index is 14.2. The van der Waals surface area contributed by atoms with E-state index >= 15 is 0 Å². The van der Waals surface area contributed by atoms with Gasteiger partial charge in [0.25, 0.3) is 0 Å². The summed E-state index contributed by atoms with van der Waals surface area (Å²) in [5.74, 6) is -2.21. The highest BCUT2D eigenvalue weighted by Crippen LogP contribution is 2.48. The van der Waals surface area contributed by atoms with Crippen molar-refractivity contribution in [3.63, 3.8) is 0 Å². The molecule has 11 nitrogen and oxygen atoms in total. The van der Waals surface area contributed by atoms with Crippen LogP contribution in [0.15, 0.2) is 36.4 Å². The number of nitrogens with zero attached hydrogens (tertiary/aromatic N) is 7. The zero-order chi connectivity index (χ0) is 28.6. The molecule has 0 aliphatic carbocycles. The summed E-state index contributed by atoms with van der Waals surface area (Å²) in [6.07, 6.45) is -4.74. The van der Waals surface area contributed by atoms with Crippen LogP contribution in [0, 0.1) is 0 Å². The van der Waals surface area contributed by atoms with Crippen molar-refractivity contribution >= 4 is 17.6 Å². The molecule has 5 rings (SSSR count). The van der Waals surface area contributed by atoms with Gasteiger partial charge in [-0.25, -0.2) is 4.68 Å². The number of carbonyl (C=O) groups is 1. The summed E-state index contributed by atoms with van der Waals surface area (Å²) in [4.78, 5) is 11.1. The Morgan fingerprint density at radius 3 is 2.62 bits per heavy atom. The first-order valence-corrected chi connectivity index (χ1v) is 12.5. The number of alkyl halides is 3. The molecule has 1 aliphatic heterocycles. The van der Waals surface area contributed by atoms with Gasteiger partial charge < -0.3 is 14.6 Å². The number of aryl methyl sites for hydroxylation is 1. The highest BCUT2D eigenvalue weighted by atomic mass is 35.5. The molecule has 0 radical (unpaired) electrons. The number of hydrogen-bond acceptors (Lipinski definition) is 8. The maximum Gasteiger partial charge on any atom is 0.452 e. The zero-order valence-corrected chi connectivity index (χ0v) is 22.0. The van der Waals surface area contributed by atoms with E-state index in [2.05, 4.69) is 25.7 Å². The predicted molar refractivity (Wildman–Crippen MR) is 134 cm³/mol. The van der Waals surface area contributed by atoms with Gasteiger partial charge in [0, 0.05) is 28.8 Å². The number of aliphatic carboxylic acids is 1. The molecule has 1 N–H and O–H groups in total. The fraction of sp³-hybridized carbons (Fsp3) is 0.360. The number of halogens is 4. The summed E-state index contributed by atoms with van der Waals surface area (Å²) in [5, 5.41) is 28.5. The molecule has 2 aromatic heterocycles. The number of benzene rings is 2. The van der Waals surface area contributed by atoms with Crippen LogP contribution >= 0.6 is 11.6 Å². The maximum atomic E-state index is 14.2. The molecule has 0 bridgehead atoms. The van der Waals surface area contributed by atoms with E-state index < -0.39 is 29.8 Å². The Morgan fingerprint density at radius 1 is 1.12 bits per heavy atom. The van der Waals surface area contributed by atoms with Gasteiger partial charge in [-0.2, -0.15) is 13.2 Å². The monoisotopic (exact) mass is 577 g/mol. The van der Waals surface area contributed by atoms with E-state index in [0.717, 1.165) is 4.57 Å². The largest absolute Gasteiger partial charge is 0.493 e. The number of para-hydroxylation sites is 1. The van der Waals surface area contributed by atoms with Gasteiger partial charge in [0.05, 0.1) is 32.9 Å². The minimum atomic E-state index is -4.80. The first kappa shape index (κ1) is 27.4. The minimum Gasteiger partial charge on any atom is -0.493 e. The number of aromatic nitrogens is 7. The summed E-state index contributed by atoms with van der Waals surface area (Å²) in [6.45, 7) is 0.0163. The topological polar surface area (TPSA) is 130 Å². The summed E-state index contributed by atoms with van der Waals surface area (Å²) < 4.78 is 56.2. The van der Waals surface area contributed by atoms with Gasteiger partial charge in [-0.3, -0.25) is 9.36 Å². The molecule has 15 heteroatoms. The number of tetrazole rings is 1. The first-order valence-electron chi connectivity index (χ1n) is 12.1. The SMILES string of the molecule is COc1cccc(C2CC(Cn3nnnc3CCC(=O)O)c3nnc(C(F)(F)F)n3-c3ccc(Cl)cc32)c1OC. The second-order valence-corrected chi connectivity index (χ2v) is 9.59. The molecule has 2 unspecified atom stereocenters. The van der Waals surface area contributed by atoms with E-state index in [1.165, 1.54) is 31.0 Å². The third-order valence-electron chi connectivity index (χ3n) is 6.80. The van der Waals surface area contributed by atoms with Crippen molar-refractivity contribution in [3.8, 4) is 17.2 Å². The lowest BCUT2D eigenvalue weighted by Gasteiger charge is -2.24. The lowest BCUT2D eigenvalue weighted by Crippen LogP contribution is -2.19. The number of ether oxygens (including phenoxy) is 2. The van der Waals surface area contributed by atoms with Crippen molar-refractivity contribution in [1.29, 1.82) is 0 Å². The standard InChI is InChI=1S/C25H23ClF3N7O4/c1-39-19-5-3-4-15(22(19)40-2)16-10-13(12-35-20(30-33-34-35)8-9-21(37)38)23-31-32-24(25(27,28)29)36(23)18-7-6-14(26)11-17(16)18/h3-7,11,13,16H,8-10,12H2,1-2H3,(H,37,38). The average molecular weight is 578 g/mol. The van der Waals surface area contributed by atoms with E-state index in [-0.39, 0.29) is 43.1 Å². The average Bonchev–Trinajstić information content (AvgIpc) is 3.53. The molecule has 0 amide bonds. The second-order valence-electron chi connectivity index (χ2n) is 9.16. The van der Waals surface area contributed by atoms with Crippen LogP contribution in [0.4, 0.5) is 13.2 Å². The molecule has 4 aromatic rings. The molecule has 2 aromatic carbocycles. The van der Waals surface area contributed by atoms with Crippen LogP contribution in [0.3, 0.4) is 0 Å². The highest BCUT2D eigenvalue weighted by Gasteiger charge is 2.43. The lowest BCUT2D eigenvalue weighted by atomic mass is 9.83. The van der Waals surface area contributed by atoms with Gasteiger partial charge in [-0.1, -0.05) is 23.7 Å². The second kappa shape index (κ2) is 10.8. The number of carboxylic acid groups (broad SMARTS) is 1. The van der Waals surface area contributed by atoms with Crippen LogP contribution in [0.1, 0.15) is 53.3 Å². The summed E-state index contributed by atoms with van der Waals surface area (Å²) >= 11 is 6.38. The quantitative estimate of drug-likeness (QED) is 0.326. The van der Waals surface area contributed by atoms with E-state index in [4.69, 9.17) is 26.2 Å². The third-order valence-corrected chi connectivity index (χ3v) is 7.04. The Kier molecular flexibility index (Phi) is 7.36. The van der Waals surface area contributed by atoms with Gasteiger partial charge in [0.1, 0.15) is 5.82 Å². The molecule has 2 atom stereocenters. The van der Waals surface area contributed by atoms with Gasteiger partial charge >= 0.3 is 12.1 Å². The van der Waals surface area contributed by atoms with Crippen molar-refractivity contribution in [3.05, 3.63) is 70.0 Å². The third kappa shape index (κ3) is 5.06. The Bertz CT molecular complexity index is 1560. The number of rotatable bonds is 8. The molecule has 0 saturated carbocycles. The van der Waals surface area contributed by atoms with Crippen LogP contribution in [0.25, 0.3) is 5.69 Å². The van der Waals surface area contributed by atoms with E-state index in [1.807, 2.05) is 6.07 Å². The van der Waals surface area contributed by atoms with Crippen LogP contribution in [0.5, 0.6) is 11.5 Å². The number of methoxy groups -OCH3 is 2. The fourth-order valence-corrected chi connectivity index (χ4v) is 5.30. The number of hydrogen-bond donors (Lipinski definition) is 1. The van der Waals surface area contributed by atoms with Gasteiger partial charge in [-0.05, 0) is 46.7 Å². The van der Waals surface area contributed by atoms with Gasteiger partial charge in [-0.15, -0.1) is 15.3 Å². The number of carboxylic acids is 1. The minimum absolute atomic E-state index is 0.0163. The van der Waals surface area contributed by atoms with Crippen molar-refractivity contribution < 1.29 is 32.5 Å². The van der Waals surface area contributed by atoms with Crippen LogP contribution in [-0.4, -0.2) is 60.3 Å². The molecular weight excluding hydrogens is 555 g/mol. The Morgan fingerprint density at radius 2 is 1.93 bits per heavy atom. The molecule has 0 saturated heterocycles. The predicted octanol–water partition coefficient (Wildman–Crippen LogP) is 4.28. The summed E-state index contributed by atoms with van der Waals surface area (Å²) in [7, 11) is 2.98. The molecule has 0 spiro atoms. The zero-order valence-electron chi connectivity index (χ0n) is 21.3. The van der Waals surface area contributed by atoms with Crippen molar-refractivity contribution in [1.82, 2.24) is 35.0 Å². The van der Waals surface area contributed by atoms with E-state index in [9.17, 15) is 18.0 Å². The molecule has 3 heterocycles. The van der Waals surface area contributed by atoms with Gasteiger partial charge in [0.2, 0.25) is 5.82 Å². The molecule has 40 heavy (non-hydrogen) atoms. The van der Waals surface area contributed by atoms with E-state index in [0.29, 0.717) is 27.6 Å². The Balaban J connectivity index is 1.72. The summed E-state index contributed by atoms with van der Waals surface area (Å²) in [6, 6.07) is 9.96. The Labute approximate surface area is 230 Å². The van der Waals surface area contributed by atoms with Crippen LogP contribution < -0.4 is 9.47 Å². The fourth-order valence-electron chi connectivity index (χ4n) is 5.12. The molecular formula is C25H23ClF3N7O4. The number of fused-ring (bicyclic) bond motifs is 3. The van der Waals surface area contributed by atoms with Crippen molar-refractivity contribution in [2.75, 3.05) is 14.2 Å². The van der Waals surface area contributed by atoms with E-state index in [1.54, 1.807) is 18.2 Å². The molecule has 0 fully saturated rings. The van der Waals surface area contributed by atoms with Crippen molar-refractivity contribution in [2.45, 2.75) is 43.8 Å². The Hall–Kier alpha value is -4.20. The van der Waals surface area contributed by atoms with Crippen LogP contribution in [-0.2, 0) is 23.9 Å². The van der Waals surface area contributed by atoms with Gasteiger partial charge in [0.15, 0.2) is 17.3 Å². The highest BCUT2D eigenvalue weighted by molar-refractivity contribution is 6.30. The molecule has 1 aliphatic rings. The first-order chi connectivity index (χ1) is 19.1. The lowest BCUT2D eigenvalue weighted by molar-refractivity contribution is -0.146. The summed E-state index contributed by atoms with van der Waals surface area (Å²) in [5.41, 5.74) is 1.40. The van der Waals surface area contributed by atoms with Crippen molar-refractivity contribution in [2.24, 2.45) is 0 Å². The normalized spacial score (nSPS) is 16.6.